The van der Waals surface area contributed by atoms with Crippen molar-refractivity contribution in [3.05, 3.63) is 118 Å². The molecule has 444 valence electrons. The SMILES string of the molecule is C.CNc1ncc(-c2ccc3c(c2)c(C(C)=O)nn3CC(=O)N2C[C@H](F)C[C@H]2C(=O)Nc2cccc(Br)n2)cn1.CNc1ncc(-c2ccc3c(c2)c(C(C)=O)nn3CC(=O)O)cn1.Cl.O=C(Nc1cccc(Br)n1)[C@@H]1C[C@@H](F)CN1.S.S=S. The number of Topliss-reactive ketones (excluding diaryl/α,β-unsaturated/α-hetero) is 2. The normalized spacial score (nSPS) is 15.6. The molecule has 2 saturated heterocycles. The van der Waals surface area contributed by atoms with E-state index in [4.69, 9.17) is 5.11 Å². The van der Waals surface area contributed by atoms with Gasteiger partial charge in [-0.2, -0.15) is 23.7 Å². The second-order valence-corrected chi connectivity index (χ2v) is 19.6. The van der Waals surface area contributed by atoms with Gasteiger partial charge in [-0.25, -0.2) is 38.7 Å². The number of ketones is 2. The summed E-state index contributed by atoms with van der Waals surface area (Å²) >= 11 is 13.8. The number of alkyl halides is 2. The van der Waals surface area contributed by atoms with E-state index in [1.54, 1.807) is 99.5 Å². The molecule has 6 N–H and O–H groups in total. The van der Waals surface area contributed by atoms with E-state index >= 15 is 0 Å². The molecular weight excluding hydrogens is 1300 g/mol. The molecule has 0 spiro atoms. The van der Waals surface area contributed by atoms with Crippen molar-refractivity contribution in [1.82, 2.24) is 59.7 Å². The molecule has 2 fully saturated rings. The van der Waals surface area contributed by atoms with Crippen LogP contribution in [0, 0.1) is 0 Å². The topological polar surface area (TPSA) is 299 Å². The zero-order valence-electron chi connectivity index (χ0n) is 44.3. The molecule has 31 heteroatoms. The molecule has 4 atom stereocenters. The second kappa shape index (κ2) is 32.0. The van der Waals surface area contributed by atoms with Gasteiger partial charge in [0.1, 0.15) is 63.7 Å². The summed E-state index contributed by atoms with van der Waals surface area (Å²) in [6.45, 7) is 2.26. The Morgan fingerprint density at radius 1 is 0.667 bits per heavy atom. The van der Waals surface area contributed by atoms with Crippen molar-refractivity contribution in [2.24, 2.45) is 0 Å². The highest BCUT2D eigenvalue weighted by atomic mass is 79.9. The zero-order chi connectivity index (χ0) is 58.5. The second-order valence-electron chi connectivity index (χ2n) is 17.9. The van der Waals surface area contributed by atoms with Crippen LogP contribution in [0.25, 0.3) is 44.1 Å². The van der Waals surface area contributed by atoms with Crippen LogP contribution in [0.3, 0.4) is 0 Å². The molecule has 6 aromatic heterocycles. The fourth-order valence-electron chi connectivity index (χ4n) is 8.62. The Balaban J connectivity index is 0.000000287. The number of rotatable bonds is 14. The molecule has 3 amide bonds. The minimum absolute atomic E-state index is 0. The predicted octanol–water partition coefficient (Wildman–Crippen LogP) is 7.94. The Bertz CT molecular complexity index is 3630. The lowest BCUT2D eigenvalue weighted by Gasteiger charge is -2.23. The van der Waals surface area contributed by atoms with Gasteiger partial charge in [0.05, 0.1) is 23.6 Å². The number of halogens is 5. The van der Waals surface area contributed by atoms with Crippen LogP contribution in [0.15, 0.2) is 107 Å². The van der Waals surface area contributed by atoms with Gasteiger partial charge >= 0.3 is 5.97 Å². The number of hydrogen-bond acceptors (Lipinski definition) is 19. The number of benzene rings is 2. The number of likely N-dealkylation sites (tertiary alicyclic amines) is 1. The third-order valence-electron chi connectivity index (χ3n) is 12.4. The number of carbonyl (C=O) groups excluding carboxylic acids is 5. The van der Waals surface area contributed by atoms with E-state index in [1.165, 1.54) is 28.1 Å². The molecule has 0 unspecified atom stereocenters. The Morgan fingerprint density at radius 2 is 1.12 bits per heavy atom. The fourth-order valence-corrected chi connectivity index (χ4v) is 9.31. The molecule has 0 radical (unpaired) electrons. The van der Waals surface area contributed by atoms with E-state index in [1.807, 2.05) is 12.1 Å². The van der Waals surface area contributed by atoms with Gasteiger partial charge in [0.15, 0.2) is 11.6 Å². The standard InChI is InChI=1S/C26H24BrFN8O3.C16H15N5O3.C10H11BrFN3O.CH4.ClH.S2.H2S/c1-14(37)24-18-8-15(16-10-30-26(29-2)31-11-16)6-7-19(18)36(34-24)13-23(38)35-12-17(28)9-20(35)25(39)33-22-5-3-4-21(27)32-22;1-9(22)15-12-5-10(11-6-18-16(17-2)19-7-11)3-4-13(12)21(20-15)8-14(23)24;11-8-2-1-3-9(14-8)15-10(16)7-4-6(12)5-13-7;;;1-2;/h3-8,10-11,17,20H,9,12-13H2,1-2H3,(H,29,30,31)(H,32,33,39);3-7H,8H2,1-2H3,(H,23,24)(H,17,18,19);1-3,6-7,13H,4-5H2,(H,14,15,16);1H4;1H;;1H2/t17-,20+;;6-,7+;;;;/m1.1..../s1. The van der Waals surface area contributed by atoms with Crippen molar-refractivity contribution in [3.8, 4) is 22.3 Å². The van der Waals surface area contributed by atoms with Gasteiger partial charge < -0.3 is 36.6 Å². The Hall–Kier alpha value is -7.48. The highest BCUT2D eigenvalue weighted by Crippen LogP contribution is 2.30. The highest BCUT2D eigenvalue weighted by Gasteiger charge is 2.40. The van der Waals surface area contributed by atoms with E-state index in [0.29, 0.717) is 48.7 Å². The first-order valence-corrected chi connectivity index (χ1v) is 27.4. The first-order valence-electron chi connectivity index (χ1n) is 24.5. The molecule has 0 bridgehead atoms. The van der Waals surface area contributed by atoms with Crippen molar-refractivity contribution >= 4 is 161 Å². The van der Waals surface area contributed by atoms with Crippen LogP contribution in [0.2, 0.25) is 0 Å². The van der Waals surface area contributed by atoms with Crippen molar-refractivity contribution in [2.45, 2.75) is 71.6 Å². The third kappa shape index (κ3) is 17.5. The van der Waals surface area contributed by atoms with Crippen LogP contribution in [0.5, 0.6) is 0 Å². The monoisotopic (exact) mass is 1360 g/mol. The minimum Gasteiger partial charge on any atom is -0.480 e. The quantitative estimate of drug-likeness (QED) is 0.0444. The summed E-state index contributed by atoms with van der Waals surface area (Å²) in [4.78, 5) is 99.4. The molecule has 0 aliphatic carbocycles. The Morgan fingerprint density at radius 3 is 1.52 bits per heavy atom. The average molecular weight is 1360 g/mol. The van der Waals surface area contributed by atoms with Crippen LogP contribution < -0.4 is 26.6 Å². The minimum atomic E-state index is -1.35. The smallest absolute Gasteiger partial charge is 0.325 e. The van der Waals surface area contributed by atoms with Crippen molar-refractivity contribution in [2.75, 3.05) is 48.5 Å². The molecule has 23 nitrogen and oxygen atoms in total. The third-order valence-corrected chi connectivity index (χ3v) is 13.2. The van der Waals surface area contributed by atoms with Gasteiger partial charge in [-0.05, 0) is 91.5 Å². The van der Waals surface area contributed by atoms with Crippen molar-refractivity contribution in [1.29, 1.82) is 0 Å². The number of aromatic nitrogens is 10. The average Bonchev–Trinajstić information content (AvgIpc) is 4.32. The van der Waals surface area contributed by atoms with E-state index in [2.05, 4.69) is 121 Å². The first-order chi connectivity index (χ1) is 38.9. The van der Waals surface area contributed by atoms with Crippen molar-refractivity contribution < 1.29 is 42.7 Å². The summed E-state index contributed by atoms with van der Waals surface area (Å²) in [5.41, 5.74) is 4.73. The lowest BCUT2D eigenvalue weighted by atomic mass is 10.0. The van der Waals surface area contributed by atoms with Gasteiger partial charge in [-0.15, -0.1) is 12.4 Å². The number of anilines is 4. The number of aliphatic carboxylic acids is 1. The summed E-state index contributed by atoms with van der Waals surface area (Å²) < 4.78 is 31.2. The van der Waals surface area contributed by atoms with E-state index < -0.39 is 42.2 Å². The maximum Gasteiger partial charge on any atom is 0.325 e. The lowest BCUT2D eigenvalue weighted by Crippen LogP contribution is -2.44. The summed E-state index contributed by atoms with van der Waals surface area (Å²) in [5, 5.41) is 32.5. The molecule has 2 aliphatic rings. The molecule has 10 rings (SSSR count). The van der Waals surface area contributed by atoms with Gasteiger partial charge in [0, 0.05) is 116 Å². The Kier molecular flexibility index (Phi) is 26.3. The first kappa shape index (κ1) is 69.0. The number of nitrogens with zero attached hydrogens (tertiary/aromatic N) is 11. The molecule has 8 heterocycles. The molecule has 84 heavy (non-hydrogen) atoms. The van der Waals surface area contributed by atoms with Gasteiger partial charge in [0.2, 0.25) is 29.6 Å². The lowest BCUT2D eigenvalue weighted by molar-refractivity contribution is -0.138. The summed E-state index contributed by atoms with van der Waals surface area (Å²) in [6, 6.07) is 19.5. The number of nitrogens with one attached hydrogen (secondary N) is 5. The summed E-state index contributed by atoms with van der Waals surface area (Å²) in [5.74, 6) is -1.03. The van der Waals surface area contributed by atoms with Crippen LogP contribution >= 0.6 is 57.8 Å². The Labute approximate surface area is 520 Å². The van der Waals surface area contributed by atoms with E-state index in [0.717, 1.165) is 22.3 Å². The van der Waals surface area contributed by atoms with Crippen molar-refractivity contribution in [3.63, 3.8) is 0 Å². The van der Waals surface area contributed by atoms with Crippen LogP contribution in [-0.4, -0.2) is 146 Å². The zero-order valence-corrected chi connectivity index (χ0v) is 51.0. The number of hydrogen-bond donors (Lipinski definition) is 6. The predicted molar refractivity (Wildman–Crippen MR) is 335 cm³/mol. The summed E-state index contributed by atoms with van der Waals surface area (Å²) in [7, 11) is 3.46. The molecule has 8 aromatic rings. The van der Waals surface area contributed by atoms with E-state index in [-0.39, 0.29) is 107 Å². The molecular formula is C53H57Br2ClF2N16O7S3. The molecule has 2 aromatic carbocycles. The maximum absolute atomic E-state index is 14.4. The largest absolute Gasteiger partial charge is 0.480 e. The van der Waals surface area contributed by atoms with Gasteiger partial charge in [0.25, 0.3) is 0 Å². The highest BCUT2D eigenvalue weighted by molar-refractivity contribution is 9.10. The fraction of sp³-hybridized carbons (Fsp3) is 0.283. The van der Waals surface area contributed by atoms with E-state index in [9.17, 15) is 37.5 Å². The summed E-state index contributed by atoms with van der Waals surface area (Å²) in [6.07, 6.45) is 4.49. The number of amides is 3. The maximum atomic E-state index is 14.4. The van der Waals surface area contributed by atoms with Gasteiger partial charge in [-0.1, -0.05) is 31.7 Å². The molecule has 0 saturated carbocycles. The van der Waals surface area contributed by atoms with Gasteiger partial charge in [-0.3, -0.25) is 38.1 Å². The molecule has 2 aliphatic heterocycles. The van der Waals surface area contributed by atoms with Crippen LogP contribution in [-0.2, 0) is 54.6 Å². The number of carbonyl (C=O) groups is 6. The van der Waals surface area contributed by atoms with Crippen LogP contribution in [0.4, 0.5) is 32.3 Å². The number of pyridine rings is 2. The number of fused-ring (bicyclic) bond motifs is 2. The number of carboxylic acids is 1. The number of carboxylic acid groups (broad SMARTS) is 1. The van der Waals surface area contributed by atoms with Crippen LogP contribution in [0.1, 0.15) is 55.1 Å².